The van der Waals surface area contributed by atoms with Gasteiger partial charge in [-0.15, -0.1) is 0 Å². The molecule has 2 aromatic rings. The van der Waals surface area contributed by atoms with E-state index in [1.165, 1.54) is 0 Å². The van der Waals surface area contributed by atoms with Crippen LogP contribution < -0.4 is 5.32 Å². The van der Waals surface area contributed by atoms with Crippen LogP contribution in [0, 0.1) is 18.3 Å². The Kier molecular flexibility index (Phi) is 4.62. The largest absolute Gasteiger partial charge is 0.387 e. The van der Waals surface area contributed by atoms with E-state index in [2.05, 4.69) is 11.4 Å². The number of aliphatic hydroxyl groups excluding tert-OH is 1. The molecule has 0 radical (unpaired) electrons. The molecule has 0 aromatic heterocycles. The van der Waals surface area contributed by atoms with E-state index < -0.39 is 6.10 Å². The number of anilines is 1. The molecule has 2 aromatic carbocycles. The number of hydrogen-bond donors (Lipinski definition) is 2. The lowest BCUT2D eigenvalue weighted by Gasteiger charge is -2.14. The second kappa shape index (κ2) is 6.42. The molecule has 2 rings (SSSR count). The van der Waals surface area contributed by atoms with Crippen LogP contribution in [0.4, 0.5) is 5.69 Å². The Morgan fingerprint density at radius 1 is 1.25 bits per heavy atom. The molecule has 0 spiro atoms. The molecule has 102 valence electrons. The van der Waals surface area contributed by atoms with Gasteiger partial charge in [0.05, 0.1) is 17.4 Å². The number of rotatable bonds is 4. The third-order valence-corrected chi connectivity index (χ3v) is 3.38. The molecule has 0 bridgehead atoms. The Bertz CT molecular complexity index is 632. The monoisotopic (exact) mass is 286 g/mol. The van der Waals surface area contributed by atoms with Crippen molar-refractivity contribution in [3.8, 4) is 6.07 Å². The second-order valence-corrected chi connectivity index (χ2v) is 4.99. The molecular weight excluding hydrogens is 272 g/mol. The maximum atomic E-state index is 10.1. The van der Waals surface area contributed by atoms with Crippen LogP contribution in [0.15, 0.2) is 42.5 Å². The minimum atomic E-state index is -0.653. The topological polar surface area (TPSA) is 56.0 Å². The molecule has 0 aliphatic heterocycles. The Morgan fingerprint density at radius 2 is 1.95 bits per heavy atom. The van der Waals surface area contributed by atoms with Gasteiger partial charge >= 0.3 is 0 Å². The lowest BCUT2D eigenvalue weighted by molar-refractivity contribution is 0.191. The Hall–Kier alpha value is -2.02. The van der Waals surface area contributed by atoms with E-state index in [1.807, 2.05) is 25.1 Å². The van der Waals surface area contributed by atoms with Crippen LogP contribution >= 0.6 is 11.6 Å². The van der Waals surface area contributed by atoms with Crippen LogP contribution in [0.5, 0.6) is 0 Å². The van der Waals surface area contributed by atoms with E-state index >= 15 is 0 Å². The fourth-order valence-electron chi connectivity index (χ4n) is 1.97. The highest BCUT2D eigenvalue weighted by molar-refractivity contribution is 6.30. The van der Waals surface area contributed by atoms with Gasteiger partial charge in [0.25, 0.3) is 0 Å². The van der Waals surface area contributed by atoms with Crippen LogP contribution in [0.1, 0.15) is 22.8 Å². The summed E-state index contributed by atoms with van der Waals surface area (Å²) in [7, 11) is 0. The van der Waals surface area contributed by atoms with Gasteiger partial charge in [0.1, 0.15) is 6.07 Å². The first-order chi connectivity index (χ1) is 9.61. The van der Waals surface area contributed by atoms with E-state index in [0.717, 1.165) is 16.8 Å². The normalized spacial score (nSPS) is 11.7. The SMILES string of the molecule is Cc1cccc(NCC(O)c2ccc(Cl)cc2)c1C#N. The first kappa shape index (κ1) is 14.4. The molecule has 0 heterocycles. The van der Waals surface area contributed by atoms with Crippen molar-refractivity contribution in [2.75, 3.05) is 11.9 Å². The number of aryl methyl sites for hydroxylation is 1. The highest BCUT2D eigenvalue weighted by Crippen LogP contribution is 2.21. The zero-order chi connectivity index (χ0) is 14.5. The fourth-order valence-corrected chi connectivity index (χ4v) is 2.10. The Labute approximate surface area is 123 Å². The summed E-state index contributed by atoms with van der Waals surface area (Å²) in [5, 5.41) is 23.0. The van der Waals surface area contributed by atoms with Gasteiger partial charge < -0.3 is 10.4 Å². The summed E-state index contributed by atoms with van der Waals surface area (Å²) in [5.74, 6) is 0. The van der Waals surface area contributed by atoms with Crippen LogP contribution in [0.25, 0.3) is 0 Å². The third kappa shape index (κ3) is 3.30. The molecule has 0 aliphatic rings. The predicted molar refractivity (Wildman–Crippen MR) is 80.8 cm³/mol. The van der Waals surface area contributed by atoms with Crippen molar-refractivity contribution in [2.24, 2.45) is 0 Å². The Balaban J connectivity index is 2.07. The summed E-state index contributed by atoms with van der Waals surface area (Å²) in [5.41, 5.74) is 3.04. The van der Waals surface area contributed by atoms with Gasteiger partial charge in [-0.1, -0.05) is 35.9 Å². The summed E-state index contributed by atoms with van der Waals surface area (Å²) < 4.78 is 0. The summed E-state index contributed by atoms with van der Waals surface area (Å²) in [6, 6.07) is 14.8. The van der Waals surface area contributed by atoms with Gasteiger partial charge in [0, 0.05) is 11.6 Å². The van der Waals surface area contributed by atoms with Crippen molar-refractivity contribution in [3.63, 3.8) is 0 Å². The summed E-state index contributed by atoms with van der Waals surface area (Å²) in [6.45, 7) is 2.22. The molecular formula is C16H15ClN2O. The zero-order valence-electron chi connectivity index (χ0n) is 11.1. The van der Waals surface area contributed by atoms with E-state index in [1.54, 1.807) is 24.3 Å². The molecule has 3 nitrogen and oxygen atoms in total. The van der Waals surface area contributed by atoms with Crippen LogP contribution in [-0.4, -0.2) is 11.7 Å². The Morgan fingerprint density at radius 3 is 2.60 bits per heavy atom. The maximum absolute atomic E-state index is 10.1. The van der Waals surface area contributed by atoms with Crippen molar-refractivity contribution < 1.29 is 5.11 Å². The third-order valence-electron chi connectivity index (χ3n) is 3.13. The minimum absolute atomic E-state index is 0.333. The van der Waals surface area contributed by atoms with Crippen molar-refractivity contribution in [1.82, 2.24) is 0 Å². The average molecular weight is 287 g/mol. The van der Waals surface area contributed by atoms with E-state index in [4.69, 9.17) is 16.9 Å². The number of halogens is 1. The highest BCUT2D eigenvalue weighted by atomic mass is 35.5. The number of nitriles is 1. The summed E-state index contributed by atoms with van der Waals surface area (Å²) in [6.07, 6.45) is -0.653. The average Bonchev–Trinajstić information content (AvgIpc) is 2.45. The lowest BCUT2D eigenvalue weighted by Crippen LogP contribution is -2.13. The standard InChI is InChI=1S/C16H15ClN2O/c1-11-3-2-4-15(14(11)9-18)19-10-16(20)12-5-7-13(17)8-6-12/h2-8,16,19-20H,10H2,1H3. The summed E-state index contributed by atoms with van der Waals surface area (Å²) in [4.78, 5) is 0. The van der Waals surface area contributed by atoms with Gasteiger partial charge in [-0.2, -0.15) is 5.26 Å². The van der Waals surface area contributed by atoms with Crippen molar-refractivity contribution >= 4 is 17.3 Å². The number of aliphatic hydroxyl groups is 1. The predicted octanol–water partition coefficient (Wildman–Crippen LogP) is 3.67. The molecule has 1 unspecified atom stereocenters. The van der Waals surface area contributed by atoms with Crippen molar-refractivity contribution in [1.29, 1.82) is 5.26 Å². The molecule has 0 amide bonds. The van der Waals surface area contributed by atoms with Crippen molar-refractivity contribution in [3.05, 3.63) is 64.2 Å². The van der Waals surface area contributed by atoms with E-state index in [0.29, 0.717) is 17.1 Å². The molecule has 2 N–H and O–H groups in total. The van der Waals surface area contributed by atoms with Gasteiger partial charge in [-0.05, 0) is 36.2 Å². The summed E-state index contributed by atoms with van der Waals surface area (Å²) >= 11 is 5.81. The molecule has 0 aliphatic carbocycles. The van der Waals surface area contributed by atoms with Crippen LogP contribution in [0.2, 0.25) is 5.02 Å². The molecule has 0 fully saturated rings. The lowest BCUT2D eigenvalue weighted by atomic mass is 10.1. The van der Waals surface area contributed by atoms with Crippen molar-refractivity contribution in [2.45, 2.75) is 13.0 Å². The molecule has 0 saturated carbocycles. The maximum Gasteiger partial charge on any atom is 0.102 e. The van der Waals surface area contributed by atoms with Gasteiger partial charge in [-0.3, -0.25) is 0 Å². The first-order valence-corrected chi connectivity index (χ1v) is 6.66. The van der Waals surface area contributed by atoms with Gasteiger partial charge in [0.2, 0.25) is 0 Å². The minimum Gasteiger partial charge on any atom is -0.387 e. The number of nitrogens with zero attached hydrogens (tertiary/aromatic N) is 1. The number of benzene rings is 2. The highest BCUT2D eigenvalue weighted by Gasteiger charge is 2.09. The number of nitrogens with one attached hydrogen (secondary N) is 1. The van der Waals surface area contributed by atoms with Crippen LogP contribution in [-0.2, 0) is 0 Å². The quantitative estimate of drug-likeness (QED) is 0.902. The molecule has 4 heteroatoms. The second-order valence-electron chi connectivity index (χ2n) is 4.56. The number of hydrogen-bond acceptors (Lipinski definition) is 3. The van der Waals surface area contributed by atoms with E-state index in [9.17, 15) is 5.11 Å². The molecule has 20 heavy (non-hydrogen) atoms. The van der Waals surface area contributed by atoms with Gasteiger partial charge in [-0.25, -0.2) is 0 Å². The van der Waals surface area contributed by atoms with Crippen LogP contribution in [0.3, 0.4) is 0 Å². The van der Waals surface area contributed by atoms with E-state index in [-0.39, 0.29) is 0 Å². The zero-order valence-corrected chi connectivity index (χ0v) is 11.9. The van der Waals surface area contributed by atoms with Gasteiger partial charge in [0.15, 0.2) is 0 Å². The first-order valence-electron chi connectivity index (χ1n) is 6.29. The molecule has 1 atom stereocenters. The fraction of sp³-hybridized carbons (Fsp3) is 0.188. The molecule has 0 saturated heterocycles. The smallest absolute Gasteiger partial charge is 0.102 e.